The van der Waals surface area contributed by atoms with E-state index >= 15 is 0 Å². The number of hydrogen-bond acceptors (Lipinski definition) is 3. The van der Waals surface area contributed by atoms with Crippen LogP contribution in [0.3, 0.4) is 0 Å². The summed E-state index contributed by atoms with van der Waals surface area (Å²) in [6.45, 7) is 0. The van der Waals surface area contributed by atoms with E-state index in [1.807, 2.05) is 50.8 Å². The van der Waals surface area contributed by atoms with Crippen molar-refractivity contribution in [1.82, 2.24) is 9.55 Å². The summed E-state index contributed by atoms with van der Waals surface area (Å²) in [4.78, 5) is 6.52. The van der Waals surface area contributed by atoms with E-state index in [1.54, 1.807) is 0 Å². The minimum Gasteiger partial charge on any atom is -0.399 e. The SMILES string of the molecule is CN(C)c1ccccc1-n1cnc2cc(N)ccc21. The lowest BCUT2D eigenvalue weighted by Gasteiger charge is -2.18. The summed E-state index contributed by atoms with van der Waals surface area (Å²) in [5, 5.41) is 0. The van der Waals surface area contributed by atoms with E-state index in [4.69, 9.17) is 5.73 Å². The van der Waals surface area contributed by atoms with E-state index in [-0.39, 0.29) is 0 Å². The summed E-state index contributed by atoms with van der Waals surface area (Å²) in [6, 6.07) is 14.1. The Morgan fingerprint density at radius 3 is 2.68 bits per heavy atom. The highest BCUT2D eigenvalue weighted by molar-refractivity contribution is 5.82. The summed E-state index contributed by atoms with van der Waals surface area (Å²) in [5.41, 5.74) is 10.8. The molecular formula is C15H16N4. The van der Waals surface area contributed by atoms with Crippen molar-refractivity contribution in [3.05, 3.63) is 48.8 Å². The average molecular weight is 252 g/mol. The minimum absolute atomic E-state index is 0.735. The maximum absolute atomic E-state index is 5.79. The minimum atomic E-state index is 0.735. The molecule has 1 heterocycles. The van der Waals surface area contributed by atoms with Crippen LogP contribution in [0.25, 0.3) is 16.7 Å². The van der Waals surface area contributed by atoms with Gasteiger partial charge in [-0.1, -0.05) is 12.1 Å². The van der Waals surface area contributed by atoms with Crippen molar-refractivity contribution in [3.8, 4) is 5.69 Å². The van der Waals surface area contributed by atoms with Crippen molar-refractivity contribution in [1.29, 1.82) is 0 Å². The molecule has 0 spiro atoms. The molecule has 0 aliphatic heterocycles. The predicted octanol–water partition coefficient (Wildman–Crippen LogP) is 2.67. The van der Waals surface area contributed by atoms with Crippen LogP contribution in [0.5, 0.6) is 0 Å². The van der Waals surface area contributed by atoms with E-state index < -0.39 is 0 Å². The number of nitrogens with zero attached hydrogens (tertiary/aromatic N) is 3. The first-order valence-electron chi connectivity index (χ1n) is 6.16. The maximum Gasteiger partial charge on any atom is 0.100 e. The second-order valence-electron chi connectivity index (χ2n) is 4.75. The van der Waals surface area contributed by atoms with E-state index in [0.717, 1.165) is 28.1 Å². The number of para-hydroxylation sites is 2. The number of aromatic nitrogens is 2. The van der Waals surface area contributed by atoms with Gasteiger partial charge in [-0.15, -0.1) is 0 Å². The van der Waals surface area contributed by atoms with E-state index in [9.17, 15) is 0 Å². The molecule has 0 radical (unpaired) electrons. The fourth-order valence-electron chi connectivity index (χ4n) is 2.27. The van der Waals surface area contributed by atoms with Crippen molar-refractivity contribution >= 4 is 22.4 Å². The molecule has 0 fully saturated rings. The normalized spacial score (nSPS) is 10.8. The summed E-state index contributed by atoms with van der Waals surface area (Å²) in [6.07, 6.45) is 1.84. The van der Waals surface area contributed by atoms with Crippen LogP contribution in [0.2, 0.25) is 0 Å². The zero-order valence-electron chi connectivity index (χ0n) is 11.0. The number of nitrogens with two attached hydrogens (primary N) is 1. The Hall–Kier alpha value is -2.49. The Bertz CT molecular complexity index is 728. The molecule has 2 N–H and O–H groups in total. The molecule has 4 nitrogen and oxygen atoms in total. The van der Waals surface area contributed by atoms with Gasteiger partial charge in [0.05, 0.1) is 22.4 Å². The van der Waals surface area contributed by atoms with Crippen LogP contribution in [0.15, 0.2) is 48.8 Å². The highest BCUT2D eigenvalue weighted by Gasteiger charge is 2.09. The third-order valence-corrected chi connectivity index (χ3v) is 3.19. The molecular weight excluding hydrogens is 236 g/mol. The van der Waals surface area contributed by atoms with E-state index in [1.165, 1.54) is 0 Å². The smallest absolute Gasteiger partial charge is 0.100 e. The highest BCUT2D eigenvalue weighted by atomic mass is 15.1. The van der Waals surface area contributed by atoms with Gasteiger partial charge in [0, 0.05) is 19.8 Å². The van der Waals surface area contributed by atoms with Crippen LogP contribution >= 0.6 is 0 Å². The van der Waals surface area contributed by atoms with Crippen molar-refractivity contribution in [2.45, 2.75) is 0 Å². The predicted molar refractivity (Wildman–Crippen MR) is 79.8 cm³/mol. The Balaban J connectivity index is 2.25. The molecule has 0 aliphatic carbocycles. The molecule has 0 aliphatic rings. The number of fused-ring (bicyclic) bond motifs is 1. The number of nitrogen functional groups attached to an aromatic ring is 1. The molecule has 0 saturated carbocycles. The number of hydrogen-bond donors (Lipinski definition) is 1. The summed E-state index contributed by atoms with van der Waals surface area (Å²) < 4.78 is 2.09. The molecule has 19 heavy (non-hydrogen) atoms. The van der Waals surface area contributed by atoms with E-state index in [0.29, 0.717) is 0 Å². The first-order valence-corrected chi connectivity index (χ1v) is 6.16. The van der Waals surface area contributed by atoms with Crippen LogP contribution in [0, 0.1) is 0 Å². The third-order valence-electron chi connectivity index (χ3n) is 3.19. The first-order chi connectivity index (χ1) is 9.16. The Morgan fingerprint density at radius 2 is 1.89 bits per heavy atom. The summed E-state index contributed by atoms with van der Waals surface area (Å²) in [7, 11) is 4.08. The Kier molecular flexibility index (Phi) is 2.63. The fourth-order valence-corrected chi connectivity index (χ4v) is 2.27. The molecule has 3 rings (SSSR count). The Morgan fingerprint density at radius 1 is 1.11 bits per heavy atom. The van der Waals surface area contributed by atoms with Gasteiger partial charge in [0.2, 0.25) is 0 Å². The van der Waals surface area contributed by atoms with Gasteiger partial charge in [-0.2, -0.15) is 0 Å². The topological polar surface area (TPSA) is 47.1 Å². The molecule has 0 amide bonds. The van der Waals surface area contributed by atoms with Gasteiger partial charge >= 0.3 is 0 Å². The first kappa shape index (κ1) is 11.6. The van der Waals surface area contributed by atoms with Crippen LogP contribution in [0.4, 0.5) is 11.4 Å². The van der Waals surface area contributed by atoms with Gasteiger partial charge in [0.25, 0.3) is 0 Å². The molecule has 0 unspecified atom stereocenters. The maximum atomic E-state index is 5.79. The van der Waals surface area contributed by atoms with Gasteiger partial charge in [-0.25, -0.2) is 4.98 Å². The number of rotatable bonds is 2. The monoisotopic (exact) mass is 252 g/mol. The molecule has 96 valence electrons. The highest BCUT2D eigenvalue weighted by Crippen LogP contribution is 2.26. The van der Waals surface area contributed by atoms with Crippen LogP contribution in [-0.2, 0) is 0 Å². The van der Waals surface area contributed by atoms with Crippen molar-refractivity contribution in [2.75, 3.05) is 24.7 Å². The van der Waals surface area contributed by atoms with Gasteiger partial charge in [-0.05, 0) is 30.3 Å². The number of benzene rings is 2. The van der Waals surface area contributed by atoms with E-state index in [2.05, 4.69) is 26.6 Å². The summed E-state index contributed by atoms with van der Waals surface area (Å²) in [5.74, 6) is 0. The molecule has 3 aromatic rings. The molecule has 1 aromatic heterocycles. The summed E-state index contributed by atoms with van der Waals surface area (Å²) >= 11 is 0. The second kappa shape index (κ2) is 4.31. The van der Waals surface area contributed by atoms with Crippen molar-refractivity contribution in [2.24, 2.45) is 0 Å². The van der Waals surface area contributed by atoms with Crippen LogP contribution in [-0.4, -0.2) is 23.6 Å². The van der Waals surface area contributed by atoms with Gasteiger partial charge in [0.15, 0.2) is 0 Å². The lowest BCUT2D eigenvalue weighted by molar-refractivity contribution is 1.05. The van der Waals surface area contributed by atoms with Crippen molar-refractivity contribution in [3.63, 3.8) is 0 Å². The second-order valence-corrected chi connectivity index (χ2v) is 4.75. The van der Waals surface area contributed by atoms with Crippen LogP contribution in [0.1, 0.15) is 0 Å². The molecule has 4 heteroatoms. The van der Waals surface area contributed by atoms with Gasteiger partial charge in [0.1, 0.15) is 6.33 Å². The standard InChI is InChI=1S/C15H16N4/c1-18(2)14-5-3-4-6-15(14)19-10-17-12-9-11(16)7-8-13(12)19/h3-10H,16H2,1-2H3. The van der Waals surface area contributed by atoms with Gasteiger partial charge < -0.3 is 10.6 Å². The zero-order valence-corrected chi connectivity index (χ0v) is 11.0. The Labute approximate surface area is 112 Å². The van der Waals surface area contributed by atoms with Gasteiger partial charge in [-0.3, -0.25) is 4.57 Å². The third kappa shape index (κ3) is 1.91. The zero-order chi connectivity index (χ0) is 13.4. The molecule has 0 bridgehead atoms. The van der Waals surface area contributed by atoms with Crippen LogP contribution < -0.4 is 10.6 Å². The largest absolute Gasteiger partial charge is 0.399 e. The molecule has 0 atom stereocenters. The molecule has 0 saturated heterocycles. The quantitative estimate of drug-likeness (QED) is 0.713. The fraction of sp³-hybridized carbons (Fsp3) is 0.133. The lowest BCUT2D eigenvalue weighted by Crippen LogP contribution is -2.11. The lowest BCUT2D eigenvalue weighted by atomic mass is 10.2. The molecule has 2 aromatic carbocycles. The van der Waals surface area contributed by atoms with Crippen molar-refractivity contribution < 1.29 is 0 Å². The number of anilines is 2. The number of imidazole rings is 1. The average Bonchev–Trinajstić information content (AvgIpc) is 2.81.